The van der Waals surface area contributed by atoms with Crippen molar-refractivity contribution >= 4 is 60.8 Å². The minimum atomic E-state index is 0.869. The van der Waals surface area contributed by atoms with E-state index in [0.717, 1.165) is 55.8 Å². The average molecular weight is 653 g/mol. The van der Waals surface area contributed by atoms with Gasteiger partial charge in [0.2, 0.25) is 0 Å². The molecule has 0 N–H and O–H groups in total. The Kier molecular flexibility index (Phi) is 6.81. The summed E-state index contributed by atoms with van der Waals surface area (Å²) in [5.74, 6) is 0. The van der Waals surface area contributed by atoms with Gasteiger partial charge < -0.3 is 13.9 Å². The number of anilines is 3. The Balaban J connectivity index is 1.11. The molecule has 2 heterocycles. The lowest BCUT2D eigenvalue weighted by molar-refractivity contribution is 0.670. The lowest BCUT2D eigenvalue weighted by Gasteiger charge is -2.25. The Morgan fingerprint density at radius 2 is 0.980 bits per heavy atom. The fourth-order valence-electron chi connectivity index (χ4n) is 7.60. The number of nitrogens with zero attached hydrogens (tertiary/aromatic N) is 2. The fourth-order valence-corrected chi connectivity index (χ4v) is 7.60. The van der Waals surface area contributed by atoms with Crippen molar-refractivity contribution in [3.8, 4) is 27.9 Å². The van der Waals surface area contributed by atoms with Crippen molar-refractivity contribution in [2.45, 2.75) is 0 Å². The first-order valence-corrected chi connectivity index (χ1v) is 17.4. The molecule has 0 unspecified atom stereocenters. The Hall–Kier alpha value is -6.84. The monoisotopic (exact) mass is 652 g/mol. The van der Waals surface area contributed by atoms with E-state index in [-0.39, 0.29) is 0 Å². The van der Waals surface area contributed by atoms with Crippen molar-refractivity contribution in [3.05, 3.63) is 194 Å². The van der Waals surface area contributed by atoms with E-state index in [1.807, 2.05) is 0 Å². The third kappa shape index (κ3) is 4.90. The molecule has 240 valence electrons. The zero-order valence-electron chi connectivity index (χ0n) is 27.8. The second-order valence-electron chi connectivity index (χ2n) is 13.0. The van der Waals surface area contributed by atoms with Crippen LogP contribution in [0.2, 0.25) is 0 Å². The smallest absolute Gasteiger partial charge is 0.143 e. The summed E-state index contributed by atoms with van der Waals surface area (Å²) in [6.07, 6.45) is 0. The molecule has 0 radical (unpaired) electrons. The number of hydrogen-bond acceptors (Lipinski definition) is 2. The van der Waals surface area contributed by atoms with Crippen molar-refractivity contribution in [2.24, 2.45) is 0 Å². The van der Waals surface area contributed by atoms with Crippen LogP contribution in [0.5, 0.6) is 0 Å². The van der Waals surface area contributed by atoms with Gasteiger partial charge >= 0.3 is 0 Å². The van der Waals surface area contributed by atoms with Gasteiger partial charge in [-0.3, -0.25) is 0 Å². The van der Waals surface area contributed by atoms with Crippen LogP contribution in [-0.4, -0.2) is 4.57 Å². The van der Waals surface area contributed by atoms with E-state index in [1.165, 1.54) is 32.9 Å². The molecule has 0 saturated carbocycles. The number of furan rings is 1. The average Bonchev–Trinajstić information content (AvgIpc) is 3.75. The van der Waals surface area contributed by atoms with Crippen LogP contribution >= 0.6 is 0 Å². The molecule has 0 fully saturated rings. The highest BCUT2D eigenvalue weighted by atomic mass is 16.3. The summed E-state index contributed by atoms with van der Waals surface area (Å²) in [6, 6.07) is 69.0. The van der Waals surface area contributed by atoms with E-state index < -0.39 is 0 Å². The summed E-state index contributed by atoms with van der Waals surface area (Å²) in [4.78, 5) is 2.31. The van der Waals surface area contributed by atoms with Gasteiger partial charge in [-0.05, 0) is 83.4 Å². The van der Waals surface area contributed by atoms with E-state index in [4.69, 9.17) is 4.42 Å². The van der Waals surface area contributed by atoms with Crippen molar-refractivity contribution in [1.82, 2.24) is 4.57 Å². The molecule has 3 nitrogen and oxygen atoms in total. The van der Waals surface area contributed by atoms with Crippen molar-refractivity contribution in [3.63, 3.8) is 0 Å². The largest absolute Gasteiger partial charge is 0.455 e. The van der Waals surface area contributed by atoms with Gasteiger partial charge in [0.1, 0.15) is 11.2 Å². The van der Waals surface area contributed by atoms with Gasteiger partial charge in [-0.2, -0.15) is 0 Å². The predicted octanol–water partition coefficient (Wildman–Crippen LogP) is 13.5. The maximum absolute atomic E-state index is 6.71. The molecular formula is C48H32N2O. The third-order valence-corrected chi connectivity index (χ3v) is 9.98. The van der Waals surface area contributed by atoms with Gasteiger partial charge in [0, 0.05) is 49.9 Å². The normalized spacial score (nSPS) is 11.5. The molecule has 10 rings (SSSR count). The molecular weight excluding hydrogens is 621 g/mol. The highest BCUT2D eigenvalue weighted by Gasteiger charge is 2.19. The Morgan fingerprint density at radius 1 is 0.373 bits per heavy atom. The van der Waals surface area contributed by atoms with E-state index in [0.29, 0.717) is 0 Å². The molecule has 0 aliphatic rings. The number of benzene rings is 8. The molecule has 10 aromatic rings. The Morgan fingerprint density at radius 3 is 1.78 bits per heavy atom. The van der Waals surface area contributed by atoms with Crippen LogP contribution in [0.4, 0.5) is 17.1 Å². The number of para-hydroxylation sites is 4. The van der Waals surface area contributed by atoms with Gasteiger partial charge in [-0.15, -0.1) is 0 Å². The zero-order chi connectivity index (χ0) is 33.7. The molecule has 0 spiro atoms. The van der Waals surface area contributed by atoms with Gasteiger partial charge in [-0.25, -0.2) is 0 Å². The van der Waals surface area contributed by atoms with Crippen molar-refractivity contribution < 1.29 is 4.42 Å². The van der Waals surface area contributed by atoms with Gasteiger partial charge in [-0.1, -0.05) is 127 Å². The maximum atomic E-state index is 6.71. The molecule has 51 heavy (non-hydrogen) atoms. The first-order valence-electron chi connectivity index (χ1n) is 17.4. The molecule has 3 heteroatoms. The first kappa shape index (κ1) is 29.1. The summed E-state index contributed by atoms with van der Waals surface area (Å²) in [6.45, 7) is 0. The number of hydrogen-bond donors (Lipinski definition) is 0. The highest BCUT2D eigenvalue weighted by molar-refractivity contribution is 6.13. The summed E-state index contributed by atoms with van der Waals surface area (Å²) < 4.78 is 9.07. The first-order chi connectivity index (χ1) is 25.3. The minimum absolute atomic E-state index is 0.869. The molecule has 0 saturated heterocycles. The Bertz CT molecular complexity index is 2830. The van der Waals surface area contributed by atoms with Crippen LogP contribution in [-0.2, 0) is 0 Å². The van der Waals surface area contributed by atoms with Crippen molar-refractivity contribution in [1.29, 1.82) is 0 Å². The van der Waals surface area contributed by atoms with Crippen LogP contribution in [0.25, 0.3) is 71.7 Å². The van der Waals surface area contributed by atoms with E-state index in [9.17, 15) is 0 Å². The van der Waals surface area contributed by atoms with E-state index in [1.54, 1.807) is 0 Å². The molecule has 0 atom stereocenters. The predicted molar refractivity (Wildman–Crippen MR) is 214 cm³/mol. The van der Waals surface area contributed by atoms with E-state index >= 15 is 0 Å². The molecule has 0 aliphatic carbocycles. The highest BCUT2D eigenvalue weighted by Crippen LogP contribution is 2.42. The van der Waals surface area contributed by atoms with E-state index in [2.05, 4.69) is 204 Å². The van der Waals surface area contributed by atoms with Gasteiger partial charge in [0.25, 0.3) is 0 Å². The molecule has 2 aromatic heterocycles. The second kappa shape index (κ2) is 11.9. The SMILES string of the molecule is c1ccc(-c2ccc(N(c3ccccc3)c3ccc4oc5c(-c6ccc7c8ccccc8n(-c8ccccc8)c7c6)cccc5c4c3)cc2)cc1. The lowest BCUT2D eigenvalue weighted by atomic mass is 10.0. The lowest BCUT2D eigenvalue weighted by Crippen LogP contribution is -2.09. The zero-order valence-corrected chi connectivity index (χ0v) is 27.8. The topological polar surface area (TPSA) is 21.3 Å². The molecule has 0 bridgehead atoms. The fraction of sp³-hybridized carbons (Fsp3) is 0. The quantitative estimate of drug-likeness (QED) is 0.178. The molecule has 8 aromatic carbocycles. The maximum Gasteiger partial charge on any atom is 0.143 e. The summed E-state index contributed by atoms with van der Waals surface area (Å²) in [5, 5.41) is 4.67. The van der Waals surface area contributed by atoms with Crippen LogP contribution in [0, 0.1) is 0 Å². The molecule has 0 amide bonds. The van der Waals surface area contributed by atoms with Crippen LogP contribution in [0.15, 0.2) is 199 Å². The minimum Gasteiger partial charge on any atom is -0.455 e. The summed E-state index contributed by atoms with van der Waals surface area (Å²) >= 11 is 0. The van der Waals surface area contributed by atoms with Gasteiger partial charge in [0.15, 0.2) is 0 Å². The second-order valence-corrected chi connectivity index (χ2v) is 13.0. The van der Waals surface area contributed by atoms with Crippen LogP contribution < -0.4 is 4.90 Å². The third-order valence-electron chi connectivity index (χ3n) is 9.98. The number of rotatable bonds is 6. The van der Waals surface area contributed by atoms with Crippen molar-refractivity contribution in [2.75, 3.05) is 4.90 Å². The number of fused-ring (bicyclic) bond motifs is 6. The van der Waals surface area contributed by atoms with Crippen LogP contribution in [0.1, 0.15) is 0 Å². The summed E-state index contributed by atoms with van der Waals surface area (Å²) in [7, 11) is 0. The van der Waals surface area contributed by atoms with Crippen LogP contribution in [0.3, 0.4) is 0 Å². The number of aromatic nitrogens is 1. The van der Waals surface area contributed by atoms with Gasteiger partial charge in [0.05, 0.1) is 11.0 Å². The standard InChI is InChI=1S/C48H32N2O/c1-4-13-33(14-5-1)34-23-26-38(27-24-34)49(36-15-6-2-7-16-36)39-28-30-47-44(32-39)43-21-12-20-40(48(43)51-47)35-25-29-42-41-19-10-11-22-45(41)50(46(42)31-35)37-17-8-3-9-18-37/h1-32H. The Labute approximate surface area is 295 Å². The summed E-state index contributed by atoms with van der Waals surface area (Å²) in [5.41, 5.74) is 13.1. The molecule has 0 aliphatic heterocycles.